The Balaban J connectivity index is 0.00000147. The molecule has 112 valence electrons. The highest BCUT2D eigenvalue weighted by atomic mass is 35.5. The van der Waals surface area contributed by atoms with Gasteiger partial charge in [-0.1, -0.05) is 0 Å². The highest BCUT2D eigenvalue weighted by Gasteiger charge is 2.30. The number of aryl methyl sites for hydroxylation is 2. The minimum atomic E-state index is -0.366. The summed E-state index contributed by atoms with van der Waals surface area (Å²) in [7, 11) is 0. The van der Waals surface area contributed by atoms with E-state index in [0.29, 0.717) is 6.54 Å². The molecular weight excluding hydrogens is 298 g/mol. The van der Waals surface area contributed by atoms with Gasteiger partial charge >= 0.3 is 0 Å². The van der Waals surface area contributed by atoms with E-state index < -0.39 is 0 Å². The molecule has 1 aromatic rings. The third kappa shape index (κ3) is 3.31. The molecule has 0 spiro atoms. The van der Waals surface area contributed by atoms with Crippen LogP contribution in [-0.2, 0) is 22.4 Å². The molecule has 7 heteroatoms. The molecule has 1 aliphatic carbocycles. The summed E-state index contributed by atoms with van der Waals surface area (Å²) in [6, 6.07) is 0. The Bertz CT molecular complexity index is 457. The highest BCUT2D eigenvalue weighted by molar-refractivity contribution is 7.15. The topological polar surface area (TPSA) is 77.2 Å². The molecule has 0 saturated carbocycles. The number of anilines is 1. The predicted octanol–water partition coefficient (Wildman–Crippen LogP) is 1.89. The van der Waals surface area contributed by atoms with Gasteiger partial charge < -0.3 is 10.5 Å². The van der Waals surface area contributed by atoms with Crippen molar-refractivity contribution in [2.75, 3.05) is 11.9 Å². The molecule has 2 heterocycles. The molecule has 2 atom stereocenters. The summed E-state index contributed by atoms with van der Waals surface area (Å²) in [4.78, 5) is 17.9. The fourth-order valence-corrected chi connectivity index (χ4v) is 3.72. The Kier molecular flexibility index (Phi) is 5.37. The van der Waals surface area contributed by atoms with Crippen molar-refractivity contribution in [3.8, 4) is 0 Å². The van der Waals surface area contributed by atoms with Crippen LogP contribution in [0.25, 0.3) is 0 Å². The zero-order valence-electron chi connectivity index (χ0n) is 11.3. The van der Waals surface area contributed by atoms with E-state index in [4.69, 9.17) is 10.5 Å². The van der Waals surface area contributed by atoms with Gasteiger partial charge in [-0.15, -0.1) is 23.7 Å². The summed E-state index contributed by atoms with van der Waals surface area (Å²) in [5.74, 6) is -0.0814. The second-order valence-electron chi connectivity index (χ2n) is 5.15. The van der Waals surface area contributed by atoms with Gasteiger partial charge in [0.1, 0.15) is 6.10 Å². The van der Waals surface area contributed by atoms with Gasteiger partial charge in [-0.05, 0) is 38.5 Å². The quantitative estimate of drug-likeness (QED) is 0.892. The van der Waals surface area contributed by atoms with Crippen molar-refractivity contribution in [1.82, 2.24) is 4.98 Å². The number of hydrogen-bond acceptors (Lipinski definition) is 5. The second kappa shape index (κ2) is 6.85. The lowest BCUT2D eigenvalue weighted by molar-refractivity contribution is -0.126. The molecule has 3 rings (SSSR count). The predicted molar refractivity (Wildman–Crippen MR) is 81.6 cm³/mol. The van der Waals surface area contributed by atoms with E-state index in [0.717, 1.165) is 30.8 Å². The number of aromatic nitrogens is 1. The Morgan fingerprint density at radius 2 is 2.20 bits per heavy atom. The van der Waals surface area contributed by atoms with E-state index in [1.165, 1.54) is 23.4 Å². The van der Waals surface area contributed by atoms with E-state index in [1.807, 2.05) is 0 Å². The SMILES string of the molecule is Cl.NC[C@H]1CC[C@@H](C(=O)Nc2nc3c(s2)CCCC3)O1. The molecule has 5 nitrogen and oxygen atoms in total. The normalized spacial score (nSPS) is 24.9. The summed E-state index contributed by atoms with van der Waals surface area (Å²) in [6.45, 7) is 0.481. The number of thiazole rings is 1. The largest absolute Gasteiger partial charge is 0.364 e. The smallest absolute Gasteiger partial charge is 0.255 e. The van der Waals surface area contributed by atoms with Crippen LogP contribution in [0.3, 0.4) is 0 Å². The maximum Gasteiger partial charge on any atom is 0.255 e. The summed E-state index contributed by atoms with van der Waals surface area (Å²) in [5.41, 5.74) is 6.71. The minimum absolute atomic E-state index is 0. The first-order valence-electron chi connectivity index (χ1n) is 6.91. The van der Waals surface area contributed by atoms with Crippen LogP contribution in [0.2, 0.25) is 0 Å². The molecule has 0 aromatic carbocycles. The Hall–Kier alpha value is -0.690. The molecule has 1 saturated heterocycles. The van der Waals surface area contributed by atoms with Gasteiger partial charge in [-0.25, -0.2) is 4.98 Å². The zero-order chi connectivity index (χ0) is 13.2. The van der Waals surface area contributed by atoms with Crippen LogP contribution in [0.1, 0.15) is 36.3 Å². The standard InChI is InChI=1S/C13H19N3O2S.ClH/c14-7-8-5-6-10(18-8)12(17)16-13-15-9-3-1-2-4-11(9)19-13;/h8,10H,1-7,14H2,(H,15,16,17);1H/t8-,10+;/m1./s1. The first kappa shape index (κ1) is 15.7. The average Bonchev–Trinajstić information content (AvgIpc) is 3.04. The van der Waals surface area contributed by atoms with Crippen LogP contribution in [0.15, 0.2) is 0 Å². The Morgan fingerprint density at radius 1 is 1.40 bits per heavy atom. The van der Waals surface area contributed by atoms with Gasteiger partial charge in [0, 0.05) is 11.4 Å². The van der Waals surface area contributed by atoms with E-state index in [1.54, 1.807) is 11.3 Å². The van der Waals surface area contributed by atoms with Gasteiger partial charge in [0.15, 0.2) is 5.13 Å². The summed E-state index contributed by atoms with van der Waals surface area (Å²) in [6.07, 6.45) is 5.84. The number of rotatable bonds is 3. The lowest BCUT2D eigenvalue weighted by Crippen LogP contribution is -2.29. The summed E-state index contributed by atoms with van der Waals surface area (Å²) >= 11 is 1.61. The van der Waals surface area contributed by atoms with Crippen LogP contribution in [0, 0.1) is 0 Å². The van der Waals surface area contributed by atoms with Crippen molar-refractivity contribution in [3.05, 3.63) is 10.6 Å². The number of nitrogens with zero attached hydrogens (tertiary/aromatic N) is 1. The third-order valence-electron chi connectivity index (χ3n) is 3.74. The van der Waals surface area contributed by atoms with Crippen LogP contribution in [0.5, 0.6) is 0 Å². The molecule has 3 N–H and O–H groups in total. The Morgan fingerprint density at radius 3 is 2.90 bits per heavy atom. The molecule has 0 unspecified atom stereocenters. The number of halogens is 1. The number of fused-ring (bicyclic) bond motifs is 1. The van der Waals surface area contributed by atoms with Crippen molar-refractivity contribution in [2.45, 2.75) is 50.7 Å². The molecule has 0 bridgehead atoms. The van der Waals surface area contributed by atoms with Crippen LogP contribution in [-0.4, -0.2) is 29.6 Å². The number of amides is 1. The molecule has 20 heavy (non-hydrogen) atoms. The van der Waals surface area contributed by atoms with Crippen LogP contribution >= 0.6 is 23.7 Å². The van der Waals surface area contributed by atoms with Crippen molar-refractivity contribution in [3.63, 3.8) is 0 Å². The first-order chi connectivity index (χ1) is 9.26. The molecular formula is C13H20ClN3O2S. The lowest BCUT2D eigenvalue weighted by Gasteiger charge is -2.11. The summed E-state index contributed by atoms with van der Waals surface area (Å²) < 4.78 is 5.59. The second-order valence-corrected chi connectivity index (χ2v) is 6.23. The molecule has 2 aliphatic rings. The van der Waals surface area contributed by atoms with E-state index in [9.17, 15) is 4.79 Å². The van der Waals surface area contributed by atoms with E-state index >= 15 is 0 Å². The lowest BCUT2D eigenvalue weighted by atomic mass is 10.0. The van der Waals surface area contributed by atoms with E-state index in [-0.39, 0.29) is 30.5 Å². The van der Waals surface area contributed by atoms with Gasteiger partial charge in [0.2, 0.25) is 0 Å². The van der Waals surface area contributed by atoms with Crippen molar-refractivity contribution < 1.29 is 9.53 Å². The van der Waals surface area contributed by atoms with Crippen molar-refractivity contribution in [1.29, 1.82) is 0 Å². The zero-order valence-corrected chi connectivity index (χ0v) is 12.9. The number of nitrogens with one attached hydrogen (secondary N) is 1. The fourth-order valence-electron chi connectivity index (χ4n) is 2.66. The molecule has 1 aromatic heterocycles. The maximum absolute atomic E-state index is 12.1. The number of carbonyl (C=O) groups is 1. The monoisotopic (exact) mass is 317 g/mol. The molecule has 1 amide bonds. The van der Waals surface area contributed by atoms with Crippen LogP contribution < -0.4 is 11.1 Å². The molecule has 0 radical (unpaired) electrons. The molecule has 1 fully saturated rings. The molecule has 1 aliphatic heterocycles. The fraction of sp³-hybridized carbons (Fsp3) is 0.692. The minimum Gasteiger partial charge on any atom is -0.364 e. The van der Waals surface area contributed by atoms with Crippen molar-refractivity contribution >= 4 is 34.8 Å². The number of carbonyl (C=O) groups excluding carboxylic acids is 1. The van der Waals surface area contributed by atoms with Crippen molar-refractivity contribution in [2.24, 2.45) is 5.73 Å². The average molecular weight is 318 g/mol. The summed E-state index contributed by atoms with van der Waals surface area (Å²) in [5, 5.41) is 3.61. The van der Waals surface area contributed by atoms with Gasteiger partial charge in [-0.3, -0.25) is 10.1 Å². The first-order valence-corrected chi connectivity index (χ1v) is 7.73. The maximum atomic E-state index is 12.1. The van der Waals surface area contributed by atoms with Crippen LogP contribution in [0.4, 0.5) is 5.13 Å². The Labute approximate surface area is 128 Å². The number of ether oxygens (including phenoxy) is 1. The highest BCUT2D eigenvalue weighted by Crippen LogP contribution is 2.30. The van der Waals surface area contributed by atoms with Gasteiger partial charge in [0.05, 0.1) is 11.8 Å². The van der Waals surface area contributed by atoms with Gasteiger partial charge in [0.25, 0.3) is 5.91 Å². The number of nitrogens with two attached hydrogens (primary N) is 1. The third-order valence-corrected chi connectivity index (χ3v) is 4.81. The number of hydrogen-bond donors (Lipinski definition) is 2. The van der Waals surface area contributed by atoms with Gasteiger partial charge in [-0.2, -0.15) is 0 Å². The van der Waals surface area contributed by atoms with E-state index in [2.05, 4.69) is 10.3 Å².